The number of likely N-dealkylation sites (tertiary alicyclic amines) is 1. The number of hydrogen-bond acceptors (Lipinski definition) is 2. The van der Waals surface area contributed by atoms with Crippen LogP contribution in [0, 0.1) is 0 Å². The van der Waals surface area contributed by atoms with Crippen molar-refractivity contribution in [3.05, 3.63) is 0 Å². The van der Waals surface area contributed by atoms with Crippen molar-refractivity contribution in [2.24, 2.45) is 5.73 Å². The van der Waals surface area contributed by atoms with Gasteiger partial charge in [-0.2, -0.15) is 0 Å². The fourth-order valence-corrected chi connectivity index (χ4v) is 1.75. The summed E-state index contributed by atoms with van der Waals surface area (Å²) in [6.07, 6.45) is 6.78. The molecule has 0 saturated carbocycles. The minimum Gasteiger partial charge on any atom is -0.339 e. The third kappa shape index (κ3) is 3.66. The van der Waals surface area contributed by atoms with E-state index < -0.39 is 0 Å². The number of carbonyl (C=O) groups excluding carboxylic acids is 1. The summed E-state index contributed by atoms with van der Waals surface area (Å²) in [6.45, 7) is 3.74. The number of amides is 1. The Morgan fingerprint density at radius 1 is 1.29 bits per heavy atom. The van der Waals surface area contributed by atoms with E-state index in [0.29, 0.717) is 5.91 Å². The van der Waals surface area contributed by atoms with E-state index >= 15 is 0 Å². The molecule has 1 amide bonds. The van der Waals surface area contributed by atoms with Crippen LogP contribution in [0.25, 0.3) is 0 Å². The van der Waals surface area contributed by atoms with Crippen molar-refractivity contribution in [1.82, 2.24) is 4.90 Å². The molecular weight excluding hydrogens is 176 g/mol. The summed E-state index contributed by atoms with van der Waals surface area (Å²) >= 11 is 0. The molecule has 2 N–H and O–H groups in total. The van der Waals surface area contributed by atoms with Crippen molar-refractivity contribution >= 4 is 5.91 Å². The Balaban J connectivity index is 1.93. The summed E-state index contributed by atoms with van der Waals surface area (Å²) in [4.78, 5) is 13.3. The molecule has 1 heterocycles. The van der Waals surface area contributed by atoms with E-state index in [1.165, 1.54) is 25.7 Å². The molecule has 0 aromatic carbocycles. The van der Waals surface area contributed by atoms with Crippen LogP contribution in [0.5, 0.6) is 0 Å². The number of nitrogens with zero attached hydrogens (tertiary/aromatic N) is 1. The molecule has 14 heavy (non-hydrogen) atoms. The van der Waals surface area contributed by atoms with E-state index in [0.717, 1.165) is 25.9 Å². The minimum atomic E-state index is 0.235. The summed E-state index contributed by atoms with van der Waals surface area (Å²) in [6, 6.07) is 0.235. The molecule has 3 heteroatoms. The van der Waals surface area contributed by atoms with Crippen LogP contribution in [0.2, 0.25) is 0 Å². The lowest BCUT2D eigenvalue weighted by Gasteiger charge is -2.36. The number of unbranched alkanes of at least 4 members (excludes halogenated alkanes) is 4. The van der Waals surface area contributed by atoms with E-state index in [4.69, 9.17) is 5.73 Å². The van der Waals surface area contributed by atoms with Crippen LogP contribution in [-0.2, 0) is 4.79 Å². The van der Waals surface area contributed by atoms with Crippen molar-refractivity contribution < 1.29 is 4.79 Å². The highest BCUT2D eigenvalue weighted by atomic mass is 16.2. The maximum absolute atomic E-state index is 11.5. The highest BCUT2D eigenvalue weighted by molar-refractivity contribution is 5.77. The molecule has 0 spiro atoms. The minimum absolute atomic E-state index is 0.235. The van der Waals surface area contributed by atoms with Gasteiger partial charge in [-0.15, -0.1) is 0 Å². The molecule has 0 aromatic rings. The van der Waals surface area contributed by atoms with Crippen LogP contribution in [0.3, 0.4) is 0 Å². The highest BCUT2D eigenvalue weighted by Crippen LogP contribution is 2.11. The molecular formula is C11H22N2O. The first-order valence-electron chi connectivity index (χ1n) is 5.77. The zero-order valence-corrected chi connectivity index (χ0v) is 9.17. The lowest BCUT2D eigenvalue weighted by atomic mass is 10.1. The molecule has 0 radical (unpaired) electrons. The lowest BCUT2D eigenvalue weighted by molar-refractivity contribution is -0.135. The van der Waals surface area contributed by atoms with E-state index in [9.17, 15) is 4.79 Å². The maximum atomic E-state index is 11.5. The molecule has 0 unspecified atom stereocenters. The Bertz CT molecular complexity index is 176. The number of nitrogens with two attached hydrogens (primary N) is 1. The average molecular weight is 198 g/mol. The molecule has 1 rings (SSSR count). The van der Waals surface area contributed by atoms with Gasteiger partial charge >= 0.3 is 0 Å². The lowest BCUT2D eigenvalue weighted by Crippen LogP contribution is -2.57. The molecule has 3 nitrogen and oxygen atoms in total. The second-order valence-corrected chi connectivity index (χ2v) is 4.22. The van der Waals surface area contributed by atoms with Crippen molar-refractivity contribution in [2.75, 3.05) is 13.1 Å². The second-order valence-electron chi connectivity index (χ2n) is 4.22. The second kappa shape index (κ2) is 6.02. The smallest absolute Gasteiger partial charge is 0.222 e. The van der Waals surface area contributed by atoms with E-state index in [1.807, 2.05) is 4.90 Å². The van der Waals surface area contributed by atoms with E-state index in [1.54, 1.807) is 0 Å². The van der Waals surface area contributed by atoms with Crippen LogP contribution in [-0.4, -0.2) is 29.9 Å². The first-order valence-corrected chi connectivity index (χ1v) is 5.77. The monoisotopic (exact) mass is 198 g/mol. The van der Waals surface area contributed by atoms with Gasteiger partial charge in [0.05, 0.1) is 0 Å². The summed E-state index contributed by atoms with van der Waals surface area (Å²) in [5, 5.41) is 0. The van der Waals surface area contributed by atoms with Gasteiger partial charge in [-0.3, -0.25) is 4.79 Å². The first-order chi connectivity index (χ1) is 6.74. The third-order valence-electron chi connectivity index (χ3n) is 2.76. The quantitative estimate of drug-likeness (QED) is 0.658. The molecule has 1 aliphatic rings. The Labute approximate surface area is 86.6 Å². The average Bonchev–Trinajstić information content (AvgIpc) is 2.12. The summed E-state index contributed by atoms with van der Waals surface area (Å²) in [5.41, 5.74) is 5.61. The van der Waals surface area contributed by atoms with Gasteiger partial charge in [0.15, 0.2) is 0 Å². The SMILES string of the molecule is CCCCCCCC(=O)N1CC(N)C1. The van der Waals surface area contributed by atoms with Gasteiger partial charge in [0, 0.05) is 25.6 Å². The molecule has 1 aliphatic heterocycles. The summed E-state index contributed by atoms with van der Waals surface area (Å²) in [7, 11) is 0. The fourth-order valence-electron chi connectivity index (χ4n) is 1.75. The Kier molecular flexibility index (Phi) is 4.94. The molecule has 0 bridgehead atoms. The van der Waals surface area contributed by atoms with Crippen LogP contribution >= 0.6 is 0 Å². The predicted molar refractivity (Wildman–Crippen MR) is 57.9 cm³/mol. The zero-order chi connectivity index (χ0) is 10.4. The van der Waals surface area contributed by atoms with Crippen molar-refractivity contribution in [3.63, 3.8) is 0 Å². The fraction of sp³-hybridized carbons (Fsp3) is 0.909. The third-order valence-corrected chi connectivity index (χ3v) is 2.76. The van der Waals surface area contributed by atoms with Gasteiger partial charge in [0.25, 0.3) is 0 Å². The summed E-state index contributed by atoms with van der Waals surface area (Å²) in [5.74, 6) is 0.295. The Hall–Kier alpha value is -0.570. The Morgan fingerprint density at radius 3 is 2.50 bits per heavy atom. The van der Waals surface area contributed by atoms with Crippen LogP contribution in [0.1, 0.15) is 45.4 Å². The molecule has 0 aliphatic carbocycles. The van der Waals surface area contributed by atoms with E-state index in [-0.39, 0.29) is 6.04 Å². The number of hydrogen-bond donors (Lipinski definition) is 1. The van der Waals surface area contributed by atoms with Crippen LogP contribution in [0.4, 0.5) is 0 Å². The molecule has 0 atom stereocenters. The normalized spacial score (nSPS) is 16.9. The van der Waals surface area contributed by atoms with Gasteiger partial charge in [0.2, 0.25) is 5.91 Å². The predicted octanol–water partition coefficient (Wildman–Crippen LogP) is 1.52. The molecule has 82 valence electrons. The largest absolute Gasteiger partial charge is 0.339 e. The first kappa shape index (κ1) is 11.5. The van der Waals surface area contributed by atoms with Crippen LogP contribution in [0.15, 0.2) is 0 Å². The van der Waals surface area contributed by atoms with Gasteiger partial charge in [0.1, 0.15) is 0 Å². The zero-order valence-electron chi connectivity index (χ0n) is 9.17. The number of carbonyl (C=O) groups is 1. The van der Waals surface area contributed by atoms with E-state index in [2.05, 4.69) is 6.92 Å². The van der Waals surface area contributed by atoms with Crippen molar-refractivity contribution in [1.29, 1.82) is 0 Å². The topological polar surface area (TPSA) is 46.3 Å². The van der Waals surface area contributed by atoms with Gasteiger partial charge < -0.3 is 10.6 Å². The summed E-state index contributed by atoms with van der Waals surface area (Å²) < 4.78 is 0. The van der Waals surface area contributed by atoms with Gasteiger partial charge in [-0.1, -0.05) is 32.6 Å². The number of rotatable bonds is 6. The van der Waals surface area contributed by atoms with Gasteiger partial charge in [-0.25, -0.2) is 0 Å². The van der Waals surface area contributed by atoms with Crippen molar-refractivity contribution in [3.8, 4) is 0 Å². The van der Waals surface area contributed by atoms with Gasteiger partial charge in [-0.05, 0) is 6.42 Å². The standard InChI is InChI=1S/C11H22N2O/c1-2-3-4-5-6-7-11(14)13-8-10(12)9-13/h10H,2-9,12H2,1H3. The maximum Gasteiger partial charge on any atom is 0.222 e. The van der Waals surface area contributed by atoms with Crippen molar-refractivity contribution in [2.45, 2.75) is 51.5 Å². The van der Waals surface area contributed by atoms with Crippen LogP contribution < -0.4 is 5.73 Å². The molecule has 1 fully saturated rings. The molecule has 0 aromatic heterocycles. The Morgan fingerprint density at radius 2 is 1.93 bits per heavy atom. The molecule has 1 saturated heterocycles. The highest BCUT2D eigenvalue weighted by Gasteiger charge is 2.26.